The van der Waals surface area contributed by atoms with E-state index in [1.54, 1.807) is 0 Å². The Morgan fingerprint density at radius 3 is 2.94 bits per heavy atom. The number of amides is 1. The molecule has 1 aliphatic heterocycles. The highest BCUT2D eigenvalue weighted by molar-refractivity contribution is 9.10. The highest BCUT2D eigenvalue weighted by Crippen LogP contribution is 2.24. The van der Waals surface area contributed by atoms with Crippen LogP contribution < -0.4 is 5.32 Å². The van der Waals surface area contributed by atoms with Crippen molar-refractivity contribution in [3.05, 3.63) is 20.8 Å². The molecule has 1 N–H and O–H groups in total. The molecule has 90 valence electrons. The molecule has 0 atom stereocenters. The molecule has 1 aromatic heterocycles. The normalized spacial score (nSPS) is 16.4. The van der Waals surface area contributed by atoms with E-state index in [2.05, 4.69) is 21.2 Å². The van der Waals surface area contributed by atoms with E-state index in [9.17, 15) is 4.79 Å². The number of carbonyl (C=O) groups is 1. The molecule has 1 amide bonds. The van der Waals surface area contributed by atoms with E-state index in [1.807, 2.05) is 16.3 Å². The van der Waals surface area contributed by atoms with Crippen LogP contribution in [0.5, 0.6) is 0 Å². The average Bonchev–Trinajstić information content (AvgIpc) is 2.53. The van der Waals surface area contributed by atoms with E-state index < -0.39 is 0 Å². The summed E-state index contributed by atoms with van der Waals surface area (Å²) in [5.41, 5.74) is 0. The fourth-order valence-electron chi connectivity index (χ4n) is 1.64. The second-order valence-electron chi connectivity index (χ2n) is 3.49. The summed E-state index contributed by atoms with van der Waals surface area (Å²) in [5, 5.41) is 5.23. The van der Waals surface area contributed by atoms with Gasteiger partial charge < -0.3 is 10.2 Å². The largest absolute Gasteiger partial charge is 0.337 e. The lowest BCUT2D eigenvalue weighted by molar-refractivity contribution is 0.0770. The maximum Gasteiger partial charge on any atom is 0.265 e. The summed E-state index contributed by atoms with van der Waals surface area (Å²) in [5.74, 6) is 0.153. The van der Waals surface area contributed by atoms with Gasteiger partial charge in [0.25, 0.3) is 5.91 Å². The highest BCUT2D eigenvalue weighted by atomic mass is 79.9. The molecule has 16 heavy (non-hydrogen) atoms. The topological polar surface area (TPSA) is 32.3 Å². The van der Waals surface area contributed by atoms with Gasteiger partial charge in [-0.2, -0.15) is 0 Å². The molecule has 1 aromatic rings. The lowest BCUT2D eigenvalue weighted by Gasteiger charge is -2.19. The molecule has 0 aromatic carbocycles. The summed E-state index contributed by atoms with van der Waals surface area (Å²) < 4.78 is 0.912. The quantitative estimate of drug-likeness (QED) is 0.860. The maximum absolute atomic E-state index is 12.1. The average molecular weight is 326 g/mol. The smallest absolute Gasteiger partial charge is 0.265 e. The molecule has 6 heteroatoms. The first-order chi connectivity index (χ1) is 7.29. The number of carbonyl (C=O) groups excluding carboxylic acids is 1. The number of nitrogens with one attached hydrogen (secondary N) is 1. The first-order valence-corrected chi connectivity index (χ1v) is 6.69. The predicted octanol–water partition coefficient (Wildman–Crippen LogP) is 2.37. The molecule has 0 spiro atoms. The molecule has 0 unspecified atom stereocenters. The summed E-state index contributed by atoms with van der Waals surface area (Å²) in [6.07, 6.45) is 1.04. The van der Waals surface area contributed by atoms with Gasteiger partial charge in [-0.15, -0.1) is 23.7 Å². The van der Waals surface area contributed by atoms with Crippen LogP contribution in [-0.2, 0) is 0 Å². The van der Waals surface area contributed by atoms with Crippen LogP contribution in [0.15, 0.2) is 15.9 Å². The molecular formula is C10H14BrClN2OS. The van der Waals surface area contributed by atoms with Crippen LogP contribution in [0, 0.1) is 0 Å². The second kappa shape index (κ2) is 6.59. The van der Waals surface area contributed by atoms with Gasteiger partial charge in [0.15, 0.2) is 0 Å². The maximum atomic E-state index is 12.1. The van der Waals surface area contributed by atoms with E-state index in [1.165, 1.54) is 11.3 Å². The summed E-state index contributed by atoms with van der Waals surface area (Å²) in [7, 11) is 0. The fourth-order valence-corrected chi connectivity index (χ4v) is 3.15. The van der Waals surface area contributed by atoms with E-state index >= 15 is 0 Å². The summed E-state index contributed by atoms with van der Waals surface area (Å²) in [6.45, 7) is 3.57. The van der Waals surface area contributed by atoms with Gasteiger partial charge in [-0.1, -0.05) is 0 Å². The minimum atomic E-state index is 0. The Morgan fingerprint density at radius 1 is 1.44 bits per heavy atom. The number of halogens is 2. The van der Waals surface area contributed by atoms with Crippen molar-refractivity contribution < 1.29 is 4.79 Å². The Hall–Kier alpha value is -0.100. The van der Waals surface area contributed by atoms with Crippen LogP contribution in [0.1, 0.15) is 16.1 Å². The van der Waals surface area contributed by atoms with Crippen molar-refractivity contribution in [1.82, 2.24) is 10.2 Å². The number of nitrogens with zero attached hydrogens (tertiary/aromatic N) is 1. The Bertz CT molecular complexity index is 350. The molecular weight excluding hydrogens is 312 g/mol. The Morgan fingerprint density at radius 2 is 2.25 bits per heavy atom. The first kappa shape index (κ1) is 14.0. The zero-order chi connectivity index (χ0) is 10.7. The summed E-state index contributed by atoms with van der Waals surface area (Å²) >= 11 is 4.90. The summed E-state index contributed by atoms with van der Waals surface area (Å²) in [4.78, 5) is 14.9. The minimum absolute atomic E-state index is 0. The third kappa shape index (κ3) is 3.20. The lowest BCUT2D eigenvalue weighted by Crippen LogP contribution is -2.33. The van der Waals surface area contributed by atoms with Crippen LogP contribution in [0.4, 0.5) is 0 Å². The van der Waals surface area contributed by atoms with Crippen LogP contribution >= 0.6 is 39.7 Å². The van der Waals surface area contributed by atoms with Gasteiger partial charge in [-0.3, -0.25) is 4.79 Å². The van der Waals surface area contributed by atoms with Crippen LogP contribution in [0.3, 0.4) is 0 Å². The van der Waals surface area contributed by atoms with Crippen LogP contribution in [0.25, 0.3) is 0 Å². The van der Waals surface area contributed by atoms with Gasteiger partial charge in [0.1, 0.15) is 4.88 Å². The van der Waals surface area contributed by atoms with Crippen molar-refractivity contribution in [2.75, 3.05) is 26.2 Å². The second-order valence-corrected chi connectivity index (χ2v) is 5.26. The number of thiophene rings is 1. The number of rotatable bonds is 1. The van der Waals surface area contributed by atoms with E-state index in [4.69, 9.17) is 0 Å². The van der Waals surface area contributed by atoms with Crippen LogP contribution in [0.2, 0.25) is 0 Å². The zero-order valence-corrected chi connectivity index (χ0v) is 12.0. The number of hydrogen-bond donors (Lipinski definition) is 1. The van der Waals surface area contributed by atoms with E-state index in [0.29, 0.717) is 0 Å². The third-order valence-electron chi connectivity index (χ3n) is 2.44. The van der Waals surface area contributed by atoms with Crippen molar-refractivity contribution in [2.24, 2.45) is 0 Å². The van der Waals surface area contributed by atoms with Crippen molar-refractivity contribution in [3.63, 3.8) is 0 Å². The molecule has 2 rings (SSSR count). The third-order valence-corrected chi connectivity index (χ3v) is 4.26. The van der Waals surface area contributed by atoms with Gasteiger partial charge in [-0.25, -0.2) is 0 Å². The van der Waals surface area contributed by atoms with Gasteiger partial charge in [0, 0.05) is 24.1 Å². The SMILES string of the molecule is Cl.O=C(c1sccc1Br)N1CCCNCC1. The van der Waals surface area contributed by atoms with Gasteiger partial charge in [0.2, 0.25) is 0 Å². The molecule has 1 fully saturated rings. The van der Waals surface area contributed by atoms with Gasteiger partial charge in [-0.05, 0) is 40.3 Å². The predicted molar refractivity (Wildman–Crippen MR) is 72.7 cm³/mol. The monoisotopic (exact) mass is 324 g/mol. The highest BCUT2D eigenvalue weighted by Gasteiger charge is 2.19. The molecule has 0 bridgehead atoms. The zero-order valence-electron chi connectivity index (χ0n) is 8.74. The minimum Gasteiger partial charge on any atom is -0.337 e. The molecule has 2 heterocycles. The van der Waals surface area contributed by atoms with Gasteiger partial charge >= 0.3 is 0 Å². The molecule has 1 saturated heterocycles. The molecule has 1 aliphatic rings. The number of hydrogen-bond acceptors (Lipinski definition) is 3. The Labute approximate surface area is 114 Å². The first-order valence-electron chi connectivity index (χ1n) is 5.02. The van der Waals surface area contributed by atoms with Crippen molar-refractivity contribution >= 4 is 45.6 Å². The molecule has 3 nitrogen and oxygen atoms in total. The molecule has 0 saturated carbocycles. The lowest BCUT2D eigenvalue weighted by atomic mass is 10.3. The van der Waals surface area contributed by atoms with E-state index in [0.717, 1.165) is 41.9 Å². The van der Waals surface area contributed by atoms with Crippen molar-refractivity contribution in [2.45, 2.75) is 6.42 Å². The molecule has 0 radical (unpaired) electrons. The Kier molecular flexibility index (Phi) is 5.75. The van der Waals surface area contributed by atoms with Crippen molar-refractivity contribution in [3.8, 4) is 0 Å². The summed E-state index contributed by atoms with van der Waals surface area (Å²) in [6, 6.07) is 1.92. The van der Waals surface area contributed by atoms with E-state index in [-0.39, 0.29) is 18.3 Å². The van der Waals surface area contributed by atoms with Crippen LogP contribution in [-0.4, -0.2) is 37.0 Å². The van der Waals surface area contributed by atoms with Gasteiger partial charge in [0.05, 0.1) is 0 Å². The standard InChI is InChI=1S/C10H13BrN2OS.ClH/c11-8-2-7-15-9(8)10(14)13-5-1-3-12-4-6-13;/h2,7,12H,1,3-6H2;1H. The Balaban J connectivity index is 0.00000128. The van der Waals surface area contributed by atoms with Crippen molar-refractivity contribution in [1.29, 1.82) is 0 Å². The fraction of sp³-hybridized carbons (Fsp3) is 0.500. The molecule has 0 aliphatic carbocycles.